The highest BCUT2D eigenvalue weighted by Crippen LogP contribution is 2.29. The SMILES string of the molecule is Cc1cc(C)c2nc(NC(=S)NC(=O)c3ccc(-c4ccc(Br)cc4)o3)sc2c1. The fraction of sp³-hybridized carbons (Fsp3) is 0.0952. The Bertz CT molecular complexity index is 1230. The molecule has 0 atom stereocenters. The van der Waals surface area contributed by atoms with Crippen LogP contribution in [0.3, 0.4) is 0 Å². The van der Waals surface area contributed by atoms with E-state index in [1.165, 1.54) is 16.9 Å². The maximum atomic E-state index is 12.5. The molecule has 2 aromatic heterocycles. The monoisotopic (exact) mass is 485 g/mol. The summed E-state index contributed by atoms with van der Waals surface area (Å²) in [4.78, 5) is 17.0. The standard InChI is InChI=1S/C21H16BrN3O2S2/c1-11-9-12(2)18-17(10-11)29-21(23-18)25-20(28)24-19(26)16-8-7-15(27-16)13-3-5-14(22)6-4-13/h3-10H,1-2H3,(H2,23,24,25,26,28). The number of amides is 1. The van der Waals surface area contributed by atoms with Crippen LogP contribution in [0.1, 0.15) is 21.7 Å². The molecule has 0 spiro atoms. The number of nitrogens with zero attached hydrogens (tertiary/aromatic N) is 1. The molecular formula is C21H16BrN3O2S2. The minimum Gasteiger partial charge on any atom is -0.451 e. The topological polar surface area (TPSA) is 67.2 Å². The van der Waals surface area contributed by atoms with Gasteiger partial charge in [0.25, 0.3) is 5.91 Å². The summed E-state index contributed by atoms with van der Waals surface area (Å²) in [6, 6.07) is 15.2. The molecule has 0 aliphatic heterocycles. The lowest BCUT2D eigenvalue weighted by Gasteiger charge is -2.05. The zero-order chi connectivity index (χ0) is 20.5. The highest BCUT2D eigenvalue weighted by molar-refractivity contribution is 9.10. The zero-order valence-corrected chi connectivity index (χ0v) is 18.8. The summed E-state index contributed by atoms with van der Waals surface area (Å²) in [6.45, 7) is 4.08. The summed E-state index contributed by atoms with van der Waals surface area (Å²) in [5.74, 6) is 0.375. The number of hydrogen-bond acceptors (Lipinski definition) is 5. The van der Waals surface area contributed by atoms with E-state index in [4.69, 9.17) is 16.6 Å². The number of furan rings is 1. The van der Waals surface area contributed by atoms with Crippen molar-refractivity contribution in [2.24, 2.45) is 0 Å². The molecule has 5 nitrogen and oxygen atoms in total. The first-order valence-electron chi connectivity index (χ1n) is 8.75. The van der Waals surface area contributed by atoms with Crippen molar-refractivity contribution >= 4 is 65.9 Å². The third-order valence-electron chi connectivity index (χ3n) is 4.24. The lowest BCUT2D eigenvalue weighted by molar-refractivity contribution is 0.0951. The van der Waals surface area contributed by atoms with Crippen molar-refractivity contribution in [3.8, 4) is 11.3 Å². The van der Waals surface area contributed by atoms with Crippen molar-refractivity contribution in [3.05, 3.63) is 69.9 Å². The van der Waals surface area contributed by atoms with Gasteiger partial charge in [0.2, 0.25) is 0 Å². The first-order chi connectivity index (χ1) is 13.9. The number of nitrogens with one attached hydrogen (secondary N) is 2. The number of aryl methyl sites for hydroxylation is 2. The minimum absolute atomic E-state index is 0.171. The van der Waals surface area contributed by atoms with Gasteiger partial charge in [0.05, 0.1) is 10.2 Å². The maximum absolute atomic E-state index is 12.5. The van der Waals surface area contributed by atoms with Crippen LogP contribution in [0.5, 0.6) is 0 Å². The fourth-order valence-electron chi connectivity index (χ4n) is 2.95. The number of rotatable bonds is 3. The number of carbonyl (C=O) groups is 1. The maximum Gasteiger partial charge on any atom is 0.293 e. The van der Waals surface area contributed by atoms with Crippen LogP contribution in [0.15, 0.2) is 57.4 Å². The first kappa shape index (κ1) is 19.8. The molecule has 0 aliphatic rings. The number of aromatic nitrogens is 1. The van der Waals surface area contributed by atoms with E-state index in [9.17, 15) is 4.79 Å². The minimum atomic E-state index is -0.418. The molecule has 0 fully saturated rings. The van der Waals surface area contributed by atoms with Gasteiger partial charge in [0.1, 0.15) is 5.76 Å². The van der Waals surface area contributed by atoms with Crippen molar-refractivity contribution < 1.29 is 9.21 Å². The molecule has 29 heavy (non-hydrogen) atoms. The lowest BCUT2D eigenvalue weighted by atomic mass is 10.1. The molecule has 4 aromatic rings. The average Bonchev–Trinajstić information content (AvgIpc) is 3.29. The molecule has 2 heterocycles. The number of benzene rings is 2. The normalized spacial score (nSPS) is 10.9. The Labute approximate surface area is 185 Å². The van der Waals surface area contributed by atoms with Gasteiger partial charge in [0.15, 0.2) is 16.0 Å². The number of fused-ring (bicyclic) bond motifs is 1. The predicted octanol–water partition coefficient (Wildman–Crippen LogP) is 6.06. The molecule has 0 saturated heterocycles. The van der Waals surface area contributed by atoms with Gasteiger partial charge < -0.3 is 9.73 Å². The largest absolute Gasteiger partial charge is 0.451 e. The van der Waals surface area contributed by atoms with E-state index in [1.54, 1.807) is 12.1 Å². The second-order valence-electron chi connectivity index (χ2n) is 6.53. The quantitative estimate of drug-likeness (QED) is 0.345. The predicted molar refractivity (Wildman–Crippen MR) is 125 cm³/mol. The van der Waals surface area contributed by atoms with Crippen LogP contribution in [-0.4, -0.2) is 16.0 Å². The van der Waals surface area contributed by atoms with Gasteiger partial charge in [-0.2, -0.15) is 0 Å². The van der Waals surface area contributed by atoms with Crippen LogP contribution in [0.4, 0.5) is 5.13 Å². The highest BCUT2D eigenvalue weighted by Gasteiger charge is 2.15. The molecule has 0 saturated carbocycles. The zero-order valence-electron chi connectivity index (χ0n) is 15.6. The summed E-state index contributed by atoms with van der Waals surface area (Å²) in [5.41, 5.74) is 4.10. The number of hydrogen-bond donors (Lipinski definition) is 2. The van der Waals surface area contributed by atoms with Crippen LogP contribution in [0, 0.1) is 13.8 Å². The lowest BCUT2D eigenvalue weighted by Crippen LogP contribution is -2.33. The van der Waals surface area contributed by atoms with Crippen LogP contribution < -0.4 is 10.6 Å². The van der Waals surface area contributed by atoms with Gasteiger partial charge in [-0.3, -0.25) is 10.1 Å². The molecule has 4 rings (SSSR count). The summed E-state index contributed by atoms with van der Waals surface area (Å²) in [7, 11) is 0. The molecule has 1 amide bonds. The second-order valence-corrected chi connectivity index (χ2v) is 8.88. The van der Waals surface area contributed by atoms with E-state index in [-0.39, 0.29) is 10.9 Å². The summed E-state index contributed by atoms with van der Waals surface area (Å²) in [5, 5.41) is 6.42. The highest BCUT2D eigenvalue weighted by atomic mass is 79.9. The molecule has 0 aliphatic carbocycles. The number of halogens is 1. The van der Waals surface area contributed by atoms with Gasteiger partial charge in [-0.1, -0.05) is 45.5 Å². The summed E-state index contributed by atoms with van der Waals surface area (Å²) in [6.07, 6.45) is 0. The second kappa shape index (κ2) is 8.06. The van der Waals surface area contributed by atoms with Crippen molar-refractivity contribution in [2.45, 2.75) is 13.8 Å². The molecule has 146 valence electrons. The van der Waals surface area contributed by atoms with E-state index in [1.807, 2.05) is 31.2 Å². The van der Waals surface area contributed by atoms with Crippen LogP contribution in [-0.2, 0) is 0 Å². The average molecular weight is 486 g/mol. The van der Waals surface area contributed by atoms with Crippen molar-refractivity contribution in [1.82, 2.24) is 10.3 Å². The molecule has 0 radical (unpaired) electrons. The van der Waals surface area contributed by atoms with E-state index < -0.39 is 5.91 Å². The van der Waals surface area contributed by atoms with E-state index in [2.05, 4.69) is 50.6 Å². The first-order valence-corrected chi connectivity index (χ1v) is 10.8. The van der Waals surface area contributed by atoms with E-state index in [0.717, 1.165) is 25.8 Å². The third-order valence-corrected chi connectivity index (χ3v) is 5.89. The van der Waals surface area contributed by atoms with Gasteiger partial charge >= 0.3 is 0 Å². The number of carbonyl (C=O) groups excluding carboxylic acids is 1. The summed E-state index contributed by atoms with van der Waals surface area (Å²) >= 11 is 10.2. The Morgan fingerprint density at radius 3 is 2.66 bits per heavy atom. The number of anilines is 1. The fourth-order valence-corrected chi connectivity index (χ4v) is 4.51. The molecule has 2 N–H and O–H groups in total. The number of thiazole rings is 1. The van der Waals surface area contributed by atoms with Crippen molar-refractivity contribution in [2.75, 3.05) is 5.32 Å². The van der Waals surface area contributed by atoms with Gasteiger partial charge in [-0.05, 0) is 67.5 Å². The molecular weight excluding hydrogens is 470 g/mol. The van der Waals surface area contributed by atoms with Gasteiger partial charge in [-0.15, -0.1) is 0 Å². The van der Waals surface area contributed by atoms with Crippen LogP contribution in [0.2, 0.25) is 0 Å². The van der Waals surface area contributed by atoms with Crippen molar-refractivity contribution in [3.63, 3.8) is 0 Å². The Hall–Kier alpha value is -2.55. The van der Waals surface area contributed by atoms with Gasteiger partial charge in [-0.25, -0.2) is 4.98 Å². The van der Waals surface area contributed by atoms with E-state index in [0.29, 0.717) is 10.9 Å². The van der Waals surface area contributed by atoms with Crippen LogP contribution >= 0.6 is 39.5 Å². The number of thiocarbonyl (C=S) groups is 1. The molecule has 0 bridgehead atoms. The van der Waals surface area contributed by atoms with E-state index >= 15 is 0 Å². The van der Waals surface area contributed by atoms with Crippen molar-refractivity contribution in [1.29, 1.82) is 0 Å². The molecule has 0 unspecified atom stereocenters. The Kier molecular flexibility index (Phi) is 5.49. The smallest absolute Gasteiger partial charge is 0.293 e. The summed E-state index contributed by atoms with van der Waals surface area (Å²) < 4.78 is 7.72. The Morgan fingerprint density at radius 1 is 1.14 bits per heavy atom. The molecule has 8 heteroatoms. The van der Waals surface area contributed by atoms with Gasteiger partial charge in [0, 0.05) is 10.0 Å². The Morgan fingerprint density at radius 2 is 1.90 bits per heavy atom. The molecule has 2 aromatic carbocycles. The Balaban J connectivity index is 1.44. The third kappa shape index (κ3) is 4.39. The van der Waals surface area contributed by atoms with Crippen LogP contribution in [0.25, 0.3) is 21.5 Å².